The molecule has 0 aromatic heterocycles. The molecular weight excluding hydrogens is 380 g/mol. The summed E-state index contributed by atoms with van der Waals surface area (Å²) in [5.41, 5.74) is 3.18. The predicted molar refractivity (Wildman–Crippen MR) is 113 cm³/mol. The molecule has 3 amide bonds. The van der Waals surface area contributed by atoms with Crippen LogP contribution in [0.4, 0.5) is 11.4 Å². The van der Waals surface area contributed by atoms with E-state index < -0.39 is 0 Å². The van der Waals surface area contributed by atoms with Crippen LogP contribution in [0.5, 0.6) is 0 Å². The molecule has 4 rings (SSSR count). The van der Waals surface area contributed by atoms with Crippen LogP contribution >= 0.6 is 0 Å². The highest BCUT2D eigenvalue weighted by molar-refractivity contribution is 6.22. The third-order valence-electron chi connectivity index (χ3n) is 5.76. The number of carbonyl (C=O) groups is 4. The van der Waals surface area contributed by atoms with Gasteiger partial charge in [0.25, 0.3) is 5.91 Å². The highest BCUT2D eigenvalue weighted by atomic mass is 16.2. The Morgan fingerprint density at radius 3 is 2.13 bits per heavy atom. The van der Waals surface area contributed by atoms with E-state index in [0.717, 1.165) is 5.57 Å². The van der Waals surface area contributed by atoms with Gasteiger partial charge in [0.2, 0.25) is 11.8 Å². The average Bonchev–Trinajstić information content (AvgIpc) is 2.98. The molecule has 6 heteroatoms. The van der Waals surface area contributed by atoms with Gasteiger partial charge in [-0.05, 0) is 75.2 Å². The van der Waals surface area contributed by atoms with Crippen LogP contribution in [0.1, 0.15) is 47.4 Å². The fourth-order valence-electron chi connectivity index (χ4n) is 4.05. The lowest BCUT2D eigenvalue weighted by Gasteiger charge is -2.18. The van der Waals surface area contributed by atoms with Crippen LogP contribution in [-0.2, 0) is 9.59 Å². The van der Waals surface area contributed by atoms with Gasteiger partial charge in [-0.3, -0.25) is 24.1 Å². The van der Waals surface area contributed by atoms with Crippen molar-refractivity contribution >= 4 is 34.9 Å². The van der Waals surface area contributed by atoms with Gasteiger partial charge in [0.1, 0.15) is 0 Å². The summed E-state index contributed by atoms with van der Waals surface area (Å²) in [6.45, 7) is 3.47. The number of hydrogen-bond donors (Lipinski definition) is 1. The van der Waals surface area contributed by atoms with Gasteiger partial charge in [0.15, 0.2) is 5.78 Å². The molecule has 0 radical (unpaired) electrons. The largest absolute Gasteiger partial charge is 0.322 e. The maximum absolute atomic E-state index is 12.8. The summed E-state index contributed by atoms with van der Waals surface area (Å²) < 4.78 is 0. The summed E-state index contributed by atoms with van der Waals surface area (Å²) >= 11 is 0. The van der Waals surface area contributed by atoms with Crippen LogP contribution in [0.2, 0.25) is 0 Å². The molecule has 1 heterocycles. The molecule has 0 bridgehead atoms. The Labute approximate surface area is 174 Å². The number of allylic oxidation sites excluding steroid dienone is 2. The van der Waals surface area contributed by atoms with Crippen molar-refractivity contribution in [2.45, 2.75) is 26.7 Å². The second kappa shape index (κ2) is 7.71. The quantitative estimate of drug-likeness (QED) is 0.476. The van der Waals surface area contributed by atoms with Gasteiger partial charge in [0, 0.05) is 16.8 Å². The summed E-state index contributed by atoms with van der Waals surface area (Å²) in [6, 6.07) is 13.1. The number of fused-ring (bicyclic) bond motifs is 1. The fourth-order valence-corrected chi connectivity index (χ4v) is 4.05. The first-order valence-corrected chi connectivity index (χ1v) is 9.91. The monoisotopic (exact) mass is 402 g/mol. The number of Topliss-reactive ketones (excluding diaryl/α,β-unsaturated/α-hetero) is 1. The Morgan fingerprint density at radius 2 is 1.50 bits per heavy atom. The third kappa shape index (κ3) is 3.56. The number of anilines is 2. The number of nitrogens with zero attached hydrogens (tertiary/aromatic N) is 1. The minimum Gasteiger partial charge on any atom is -0.322 e. The third-order valence-corrected chi connectivity index (χ3v) is 5.76. The van der Waals surface area contributed by atoms with Crippen LogP contribution < -0.4 is 10.2 Å². The zero-order chi connectivity index (χ0) is 21.4. The second-order valence-corrected chi connectivity index (χ2v) is 7.85. The van der Waals surface area contributed by atoms with Crippen molar-refractivity contribution in [3.8, 4) is 0 Å². The summed E-state index contributed by atoms with van der Waals surface area (Å²) in [5.74, 6) is -1.27. The topological polar surface area (TPSA) is 83.6 Å². The zero-order valence-corrected chi connectivity index (χ0v) is 16.8. The number of ketones is 1. The molecule has 1 N–H and O–H groups in total. The average molecular weight is 402 g/mol. The van der Waals surface area contributed by atoms with Gasteiger partial charge < -0.3 is 5.32 Å². The lowest BCUT2D eigenvalue weighted by atomic mass is 9.82. The molecule has 0 saturated carbocycles. The summed E-state index contributed by atoms with van der Waals surface area (Å²) in [4.78, 5) is 50.7. The van der Waals surface area contributed by atoms with Crippen molar-refractivity contribution in [1.82, 2.24) is 0 Å². The van der Waals surface area contributed by atoms with Crippen LogP contribution in [0.15, 0.2) is 60.2 Å². The Hall–Kier alpha value is -3.54. The normalized spacial score (nSPS) is 20.6. The van der Waals surface area contributed by atoms with Crippen molar-refractivity contribution in [3.05, 3.63) is 71.3 Å². The number of nitrogens with one attached hydrogen (secondary N) is 1. The van der Waals surface area contributed by atoms with E-state index in [4.69, 9.17) is 0 Å². The molecule has 6 nitrogen and oxygen atoms in total. The molecule has 0 spiro atoms. The summed E-state index contributed by atoms with van der Waals surface area (Å²) in [6.07, 6.45) is 3.25. The molecule has 30 heavy (non-hydrogen) atoms. The molecule has 2 atom stereocenters. The van der Waals surface area contributed by atoms with Gasteiger partial charge in [-0.15, -0.1) is 0 Å². The minimum atomic E-state index is -0.315. The van der Waals surface area contributed by atoms with E-state index in [9.17, 15) is 19.2 Å². The summed E-state index contributed by atoms with van der Waals surface area (Å²) in [5, 5.41) is 2.77. The van der Waals surface area contributed by atoms with Crippen LogP contribution in [0.25, 0.3) is 0 Å². The number of amides is 3. The number of carbonyl (C=O) groups excluding carboxylic acids is 4. The molecule has 1 aliphatic carbocycles. The smallest absolute Gasteiger partial charge is 0.255 e. The second-order valence-electron chi connectivity index (χ2n) is 7.85. The Bertz CT molecular complexity index is 1070. The number of imide groups is 1. The fraction of sp³-hybridized carbons (Fsp3) is 0.250. The van der Waals surface area contributed by atoms with Gasteiger partial charge in [-0.25, -0.2) is 0 Å². The van der Waals surface area contributed by atoms with Crippen LogP contribution in [-0.4, -0.2) is 23.5 Å². The first kappa shape index (κ1) is 19.8. The number of hydrogen-bond acceptors (Lipinski definition) is 4. The first-order valence-electron chi connectivity index (χ1n) is 9.91. The van der Waals surface area contributed by atoms with Gasteiger partial charge >= 0.3 is 0 Å². The molecule has 152 valence electrons. The minimum absolute atomic E-state index is 0.0414. The molecule has 1 fully saturated rings. The Balaban J connectivity index is 1.47. The molecular formula is C24H22N2O4. The van der Waals surface area contributed by atoms with Crippen molar-refractivity contribution in [1.29, 1.82) is 0 Å². The van der Waals surface area contributed by atoms with Gasteiger partial charge in [-0.2, -0.15) is 0 Å². The molecule has 1 saturated heterocycles. The molecule has 0 unspecified atom stereocenters. The lowest BCUT2D eigenvalue weighted by Crippen LogP contribution is -2.30. The number of rotatable bonds is 4. The summed E-state index contributed by atoms with van der Waals surface area (Å²) in [7, 11) is 0. The zero-order valence-electron chi connectivity index (χ0n) is 16.8. The highest BCUT2D eigenvalue weighted by Gasteiger charge is 2.48. The predicted octanol–water partition coefficient (Wildman–Crippen LogP) is 3.99. The highest BCUT2D eigenvalue weighted by Crippen LogP contribution is 2.39. The van der Waals surface area contributed by atoms with E-state index in [1.54, 1.807) is 48.5 Å². The van der Waals surface area contributed by atoms with E-state index in [1.165, 1.54) is 11.8 Å². The van der Waals surface area contributed by atoms with Crippen LogP contribution in [0.3, 0.4) is 0 Å². The molecule has 2 aromatic rings. The maximum atomic E-state index is 12.8. The van der Waals surface area contributed by atoms with E-state index in [1.807, 2.05) is 13.0 Å². The molecule has 2 aliphatic rings. The number of benzene rings is 2. The Kier molecular flexibility index (Phi) is 5.08. The molecule has 2 aromatic carbocycles. The van der Waals surface area contributed by atoms with E-state index in [0.29, 0.717) is 35.3 Å². The van der Waals surface area contributed by atoms with E-state index in [-0.39, 0.29) is 35.3 Å². The molecule has 1 aliphatic heterocycles. The van der Waals surface area contributed by atoms with E-state index >= 15 is 0 Å². The van der Waals surface area contributed by atoms with Crippen molar-refractivity contribution in [2.75, 3.05) is 10.2 Å². The van der Waals surface area contributed by atoms with Crippen LogP contribution in [0, 0.1) is 11.8 Å². The first-order chi connectivity index (χ1) is 14.3. The Morgan fingerprint density at radius 1 is 0.900 bits per heavy atom. The van der Waals surface area contributed by atoms with Crippen molar-refractivity contribution < 1.29 is 19.2 Å². The SMILES string of the molecule is CC(=O)c1ccc(NC(=O)c2ccc(N3C(=O)[C@H]4CC=C(C)C[C@@H]4C3=O)cc2)cc1. The van der Waals surface area contributed by atoms with E-state index in [2.05, 4.69) is 5.32 Å². The maximum Gasteiger partial charge on any atom is 0.255 e. The van der Waals surface area contributed by atoms with Crippen molar-refractivity contribution in [3.63, 3.8) is 0 Å². The van der Waals surface area contributed by atoms with Crippen molar-refractivity contribution in [2.24, 2.45) is 11.8 Å². The van der Waals surface area contributed by atoms with Gasteiger partial charge in [0.05, 0.1) is 17.5 Å². The van der Waals surface area contributed by atoms with Gasteiger partial charge in [-0.1, -0.05) is 11.6 Å². The standard InChI is InChI=1S/C24H22N2O4/c1-14-3-12-20-21(13-14)24(30)26(23(20)29)19-10-6-17(7-11-19)22(28)25-18-8-4-16(5-9-18)15(2)27/h3-11,20-21H,12-13H2,1-2H3,(H,25,28)/t20-,21-/m0/s1. The lowest BCUT2D eigenvalue weighted by molar-refractivity contribution is -0.122.